The molecule has 0 saturated carbocycles. The first-order valence-corrected chi connectivity index (χ1v) is 7.16. The van der Waals surface area contributed by atoms with Gasteiger partial charge in [-0.2, -0.15) is 0 Å². The maximum absolute atomic E-state index is 12.4. The molecule has 0 amide bonds. The van der Waals surface area contributed by atoms with E-state index in [0.717, 1.165) is 15.8 Å². The van der Waals surface area contributed by atoms with Crippen LogP contribution in [0, 0.1) is 3.95 Å². The van der Waals surface area contributed by atoms with Gasteiger partial charge in [0, 0.05) is 0 Å². The van der Waals surface area contributed by atoms with Crippen molar-refractivity contribution in [3.8, 4) is 0 Å². The van der Waals surface area contributed by atoms with Gasteiger partial charge in [0.15, 0.2) is 3.95 Å². The number of hydrogen-bond donors (Lipinski definition) is 0. The van der Waals surface area contributed by atoms with Crippen LogP contribution in [0.4, 0.5) is 0 Å². The number of para-hydroxylation sites is 1. The Morgan fingerprint density at radius 1 is 1.05 bits per heavy atom. The Kier molecular flexibility index (Phi) is 3.27. The number of hydrogen-bond acceptors (Lipinski definition) is 3. The number of nitrogens with zero attached hydrogens (tertiary/aromatic N) is 1. The fraction of sp³-hybridized carbons (Fsp3) is 0.0667. The lowest BCUT2D eigenvalue weighted by Gasteiger charge is -2.03. The molecule has 0 radical (unpaired) electrons. The zero-order valence-electron chi connectivity index (χ0n) is 10.1. The number of fused-ring (bicyclic) bond motifs is 1. The number of rotatable bonds is 2. The molecule has 0 fully saturated rings. The van der Waals surface area contributed by atoms with Crippen LogP contribution >= 0.6 is 23.6 Å². The highest BCUT2D eigenvalue weighted by Crippen LogP contribution is 2.23. The summed E-state index contributed by atoms with van der Waals surface area (Å²) in [6.07, 6.45) is 0.371. The molecule has 0 bridgehead atoms. The second-order valence-electron chi connectivity index (χ2n) is 4.23. The Bertz CT molecular complexity index is 787. The maximum atomic E-state index is 12.4. The molecule has 3 rings (SSSR count). The molecule has 1 aromatic heterocycles. The van der Waals surface area contributed by atoms with Crippen LogP contribution in [0.15, 0.2) is 54.6 Å². The Hall–Kier alpha value is -1.78. The highest BCUT2D eigenvalue weighted by Gasteiger charge is 2.12. The summed E-state index contributed by atoms with van der Waals surface area (Å²) in [4.78, 5) is 12.4. The molecule has 94 valence electrons. The second-order valence-corrected chi connectivity index (χ2v) is 5.90. The van der Waals surface area contributed by atoms with E-state index in [1.54, 1.807) is 4.57 Å². The van der Waals surface area contributed by atoms with E-state index in [0.29, 0.717) is 10.4 Å². The molecular formula is C15H11NOS2. The summed E-state index contributed by atoms with van der Waals surface area (Å²) in [7, 11) is 0. The summed E-state index contributed by atoms with van der Waals surface area (Å²) < 4.78 is 3.30. The first-order valence-electron chi connectivity index (χ1n) is 5.93. The average molecular weight is 285 g/mol. The molecule has 4 heteroatoms. The average Bonchev–Trinajstić information content (AvgIpc) is 2.75. The fourth-order valence-corrected chi connectivity index (χ4v) is 3.41. The zero-order chi connectivity index (χ0) is 13.2. The molecule has 0 N–H and O–H groups in total. The number of carbonyl (C=O) groups is 1. The lowest BCUT2D eigenvalue weighted by Crippen LogP contribution is -2.13. The highest BCUT2D eigenvalue weighted by atomic mass is 32.1. The van der Waals surface area contributed by atoms with Gasteiger partial charge in [0.05, 0.1) is 16.6 Å². The molecule has 0 atom stereocenters. The van der Waals surface area contributed by atoms with Crippen molar-refractivity contribution >= 4 is 39.7 Å². The van der Waals surface area contributed by atoms with E-state index >= 15 is 0 Å². The van der Waals surface area contributed by atoms with Crippen LogP contribution in [0.3, 0.4) is 0 Å². The normalized spacial score (nSPS) is 10.7. The summed E-state index contributed by atoms with van der Waals surface area (Å²) >= 11 is 6.78. The van der Waals surface area contributed by atoms with Crippen molar-refractivity contribution in [2.45, 2.75) is 6.42 Å². The van der Waals surface area contributed by atoms with Gasteiger partial charge >= 0.3 is 0 Å². The van der Waals surface area contributed by atoms with Gasteiger partial charge in [-0.25, -0.2) is 0 Å². The van der Waals surface area contributed by atoms with Crippen LogP contribution in [-0.2, 0) is 6.42 Å². The molecule has 0 saturated heterocycles. The molecule has 0 aliphatic carbocycles. The van der Waals surface area contributed by atoms with Crippen LogP contribution < -0.4 is 0 Å². The maximum Gasteiger partial charge on any atom is 0.237 e. The number of aromatic nitrogens is 1. The smallest absolute Gasteiger partial charge is 0.237 e. The lowest BCUT2D eigenvalue weighted by molar-refractivity contribution is 0.0918. The second kappa shape index (κ2) is 5.07. The largest absolute Gasteiger partial charge is 0.274 e. The summed E-state index contributed by atoms with van der Waals surface area (Å²) in [5.41, 5.74) is 1.91. The molecule has 3 aromatic rings. The van der Waals surface area contributed by atoms with Crippen molar-refractivity contribution in [3.63, 3.8) is 0 Å². The van der Waals surface area contributed by atoms with E-state index in [4.69, 9.17) is 12.2 Å². The fourth-order valence-electron chi connectivity index (χ4n) is 2.05. The van der Waals surface area contributed by atoms with Crippen molar-refractivity contribution in [1.29, 1.82) is 0 Å². The zero-order valence-corrected chi connectivity index (χ0v) is 11.7. The molecule has 0 spiro atoms. The summed E-state index contributed by atoms with van der Waals surface area (Å²) in [6, 6.07) is 17.5. The minimum atomic E-state index is 0.0219. The summed E-state index contributed by atoms with van der Waals surface area (Å²) in [5.74, 6) is 0.0219. The quantitative estimate of drug-likeness (QED) is 0.654. The first-order chi connectivity index (χ1) is 9.25. The molecule has 1 heterocycles. The Morgan fingerprint density at radius 3 is 2.53 bits per heavy atom. The van der Waals surface area contributed by atoms with Crippen molar-refractivity contribution < 1.29 is 4.79 Å². The SMILES string of the molecule is O=C(Cc1ccccc1)n1c(=S)sc2ccccc21. The van der Waals surface area contributed by atoms with E-state index < -0.39 is 0 Å². The van der Waals surface area contributed by atoms with Gasteiger partial charge in [0.1, 0.15) is 0 Å². The van der Waals surface area contributed by atoms with E-state index in [1.807, 2.05) is 54.6 Å². The number of benzene rings is 2. The predicted molar refractivity (Wildman–Crippen MR) is 81.4 cm³/mol. The third-order valence-electron chi connectivity index (χ3n) is 2.93. The molecular weight excluding hydrogens is 274 g/mol. The lowest BCUT2D eigenvalue weighted by atomic mass is 10.1. The van der Waals surface area contributed by atoms with Crippen LogP contribution in [0.2, 0.25) is 0 Å². The Morgan fingerprint density at radius 2 is 1.74 bits per heavy atom. The molecule has 0 unspecified atom stereocenters. The summed E-state index contributed by atoms with van der Waals surface area (Å²) in [6.45, 7) is 0. The third kappa shape index (κ3) is 2.37. The number of thiazole rings is 1. The van der Waals surface area contributed by atoms with Gasteiger partial charge in [-0.1, -0.05) is 42.5 Å². The Labute approximate surface area is 119 Å². The van der Waals surface area contributed by atoms with Crippen molar-refractivity contribution in [3.05, 3.63) is 64.1 Å². The standard InChI is InChI=1S/C15H11NOS2/c17-14(10-11-6-2-1-3-7-11)16-12-8-4-5-9-13(12)19-15(16)18/h1-9H,10H2. The van der Waals surface area contributed by atoms with Crippen molar-refractivity contribution in [2.24, 2.45) is 0 Å². The minimum Gasteiger partial charge on any atom is -0.274 e. The molecule has 0 aliphatic rings. The molecule has 0 aliphatic heterocycles. The van der Waals surface area contributed by atoms with Crippen molar-refractivity contribution in [2.75, 3.05) is 0 Å². The molecule has 2 nitrogen and oxygen atoms in total. The number of carbonyl (C=O) groups excluding carboxylic acids is 1. The van der Waals surface area contributed by atoms with E-state index in [9.17, 15) is 4.79 Å². The Balaban J connectivity index is 2.03. The van der Waals surface area contributed by atoms with E-state index in [-0.39, 0.29) is 5.91 Å². The monoisotopic (exact) mass is 285 g/mol. The van der Waals surface area contributed by atoms with Gasteiger partial charge in [-0.05, 0) is 29.9 Å². The van der Waals surface area contributed by atoms with Gasteiger partial charge in [-0.3, -0.25) is 9.36 Å². The van der Waals surface area contributed by atoms with Crippen LogP contribution in [0.25, 0.3) is 10.2 Å². The van der Waals surface area contributed by atoms with E-state index in [1.165, 1.54) is 11.3 Å². The predicted octanol–water partition coefficient (Wildman–Crippen LogP) is 4.32. The highest BCUT2D eigenvalue weighted by molar-refractivity contribution is 7.73. The first kappa shape index (κ1) is 12.3. The molecule has 19 heavy (non-hydrogen) atoms. The van der Waals surface area contributed by atoms with E-state index in [2.05, 4.69) is 0 Å². The minimum absolute atomic E-state index is 0.0219. The van der Waals surface area contributed by atoms with Crippen molar-refractivity contribution in [1.82, 2.24) is 4.57 Å². The topological polar surface area (TPSA) is 22.0 Å². The van der Waals surface area contributed by atoms with Crippen LogP contribution in [0.1, 0.15) is 10.4 Å². The van der Waals surface area contributed by atoms with Gasteiger partial charge in [-0.15, -0.1) is 11.3 Å². The van der Waals surface area contributed by atoms with Gasteiger partial charge < -0.3 is 0 Å². The van der Waals surface area contributed by atoms with Gasteiger partial charge in [0.2, 0.25) is 5.91 Å². The molecule has 2 aromatic carbocycles. The van der Waals surface area contributed by atoms with Crippen LogP contribution in [-0.4, -0.2) is 10.5 Å². The van der Waals surface area contributed by atoms with Crippen LogP contribution in [0.5, 0.6) is 0 Å². The van der Waals surface area contributed by atoms with Gasteiger partial charge in [0.25, 0.3) is 0 Å². The third-order valence-corrected chi connectivity index (χ3v) is 4.29. The summed E-state index contributed by atoms with van der Waals surface area (Å²) in [5, 5.41) is 0.